The molecule has 0 fully saturated rings. The number of rotatable bonds is 11. The number of nitro groups is 1. The van der Waals surface area contributed by atoms with Crippen LogP contribution >= 0.6 is 0 Å². The molecular formula is C17H26N8O4S. The Labute approximate surface area is 175 Å². The molecule has 0 bridgehead atoms. The Morgan fingerprint density at radius 3 is 2.77 bits per heavy atom. The van der Waals surface area contributed by atoms with Crippen LogP contribution in [0.25, 0.3) is 0 Å². The van der Waals surface area contributed by atoms with Crippen LogP contribution in [0, 0.1) is 10.1 Å². The smallest absolute Gasteiger partial charge is 0.270 e. The Bertz CT molecular complexity index is 974. The van der Waals surface area contributed by atoms with Crippen molar-refractivity contribution in [2.45, 2.75) is 31.7 Å². The maximum absolute atomic E-state index is 12.3. The number of sulfonamides is 1. The lowest BCUT2D eigenvalue weighted by Gasteiger charge is -2.12. The van der Waals surface area contributed by atoms with Gasteiger partial charge in [0.15, 0.2) is 5.96 Å². The lowest BCUT2D eigenvalue weighted by atomic mass is 10.3. The third-order valence-electron chi connectivity index (χ3n) is 4.01. The number of aromatic nitrogens is 3. The van der Waals surface area contributed by atoms with Gasteiger partial charge in [-0.05, 0) is 13.0 Å². The summed E-state index contributed by atoms with van der Waals surface area (Å²) in [7, 11) is -3.86. The number of guanidine groups is 1. The van der Waals surface area contributed by atoms with Crippen molar-refractivity contribution in [1.29, 1.82) is 0 Å². The number of nitrogens with one attached hydrogen (secondary N) is 3. The molecule has 0 aliphatic rings. The predicted octanol–water partition coefficient (Wildman–Crippen LogP) is 0.282. The number of hydrogen-bond acceptors (Lipinski definition) is 7. The van der Waals surface area contributed by atoms with Crippen LogP contribution in [0.4, 0.5) is 5.69 Å². The molecule has 0 radical (unpaired) electrons. The minimum absolute atomic E-state index is 0.0486. The number of benzene rings is 1. The maximum Gasteiger partial charge on any atom is 0.270 e. The molecule has 12 nitrogen and oxygen atoms in total. The Morgan fingerprint density at radius 2 is 2.07 bits per heavy atom. The first-order valence-electron chi connectivity index (χ1n) is 9.50. The van der Waals surface area contributed by atoms with E-state index in [1.807, 2.05) is 18.4 Å². The second-order valence-electron chi connectivity index (χ2n) is 6.13. The number of non-ortho nitro benzene ring substituents is 1. The summed E-state index contributed by atoms with van der Waals surface area (Å²) in [5, 5.41) is 25.0. The first kappa shape index (κ1) is 23.2. The summed E-state index contributed by atoms with van der Waals surface area (Å²) >= 11 is 0. The topological polar surface area (TPSA) is 156 Å². The number of nitro benzene ring substituents is 1. The summed E-state index contributed by atoms with van der Waals surface area (Å²) in [4.78, 5) is 14.4. The van der Waals surface area contributed by atoms with Crippen LogP contribution in [0.2, 0.25) is 0 Å². The zero-order valence-corrected chi connectivity index (χ0v) is 17.7. The molecule has 1 aromatic heterocycles. The highest BCUT2D eigenvalue weighted by Gasteiger charge is 2.16. The molecule has 0 aliphatic carbocycles. The zero-order chi connectivity index (χ0) is 22.0. The minimum atomic E-state index is -3.86. The third kappa shape index (κ3) is 6.77. The number of aryl methyl sites for hydroxylation is 1. The number of nitrogens with zero attached hydrogens (tertiary/aromatic N) is 5. The van der Waals surface area contributed by atoms with E-state index in [-0.39, 0.29) is 23.7 Å². The van der Waals surface area contributed by atoms with Crippen molar-refractivity contribution in [3.8, 4) is 0 Å². The van der Waals surface area contributed by atoms with E-state index >= 15 is 0 Å². The molecule has 0 unspecified atom stereocenters. The molecule has 1 heterocycles. The van der Waals surface area contributed by atoms with Gasteiger partial charge >= 0.3 is 0 Å². The lowest BCUT2D eigenvalue weighted by Crippen LogP contribution is -2.39. The van der Waals surface area contributed by atoms with Gasteiger partial charge in [0, 0.05) is 44.7 Å². The van der Waals surface area contributed by atoms with Gasteiger partial charge in [0.25, 0.3) is 5.69 Å². The van der Waals surface area contributed by atoms with Crippen molar-refractivity contribution in [3.63, 3.8) is 0 Å². The average molecular weight is 439 g/mol. The standard InChI is InChI=1S/C17H26N8O4S/c1-3-16-23-21-13-24(16)11-10-20-17(18-4-2)19-8-9-22-30(28,29)15-7-5-6-14(12-15)25(26)27/h5-7,12-13,22H,3-4,8-11H2,1-2H3,(H2,18,19,20). The minimum Gasteiger partial charge on any atom is -0.357 e. The third-order valence-corrected chi connectivity index (χ3v) is 5.47. The van der Waals surface area contributed by atoms with E-state index in [4.69, 9.17) is 0 Å². The Hall–Kier alpha value is -3.06. The van der Waals surface area contributed by atoms with Gasteiger partial charge < -0.3 is 15.2 Å². The van der Waals surface area contributed by atoms with E-state index < -0.39 is 14.9 Å². The summed E-state index contributed by atoms with van der Waals surface area (Å²) in [5.41, 5.74) is -0.283. The largest absolute Gasteiger partial charge is 0.357 e. The number of hydrogen-bond donors (Lipinski definition) is 3. The summed E-state index contributed by atoms with van der Waals surface area (Å²) in [6.45, 7) is 6.09. The fraction of sp³-hybridized carbons (Fsp3) is 0.471. The van der Waals surface area contributed by atoms with Crippen LogP contribution in [0.15, 0.2) is 40.5 Å². The van der Waals surface area contributed by atoms with Gasteiger partial charge in [0.1, 0.15) is 12.2 Å². The fourth-order valence-corrected chi connectivity index (χ4v) is 3.63. The van der Waals surface area contributed by atoms with Gasteiger partial charge in [0.2, 0.25) is 10.0 Å². The Balaban J connectivity index is 1.87. The predicted molar refractivity (Wildman–Crippen MR) is 112 cm³/mol. The van der Waals surface area contributed by atoms with Gasteiger partial charge in [-0.2, -0.15) is 0 Å². The molecule has 3 N–H and O–H groups in total. The molecule has 30 heavy (non-hydrogen) atoms. The van der Waals surface area contributed by atoms with E-state index in [2.05, 4.69) is 30.5 Å². The van der Waals surface area contributed by atoms with E-state index in [0.29, 0.717) is 25.6 Å². The monoisotopic (exact) mass is 438 g/mol. The van der Waals surface area contributed by atoms with Crippen LogP contribution in [0.5, 0.6) is 0 Å². The molecule has 2 aromatic rings. The first-order chi connectivity index (χ1) is 14.4. The summed E-state index contributed by atoms with van der Waals surface area (Å²) < 4.78 is 29.0. The first-order valence-corrected chi connectivity index (χ1v) is 11.0. The second-order valence-corrected chi connectivity index (χ2v) is 7.90. The zero-order valence-electron chi connectivity index (χ0n) is 16.9. The van der Waals surface area contributed by atoms with Crippen molar-refractivity contribution >= 4 is 21.7 Å². The van der Waals surface area contributed by atoms with Gasteiger partial charge in [-0.15, -0.1) is 10.2 Å². The molecule has 2 rings (SSSR count). The van der Waals surface area contributed by atoms with Crippen LogP contribution < -0.4 is 15.4 Å². The van der Waals surface area contributed by atoms with Gasteiger partial charge in [-0.1, -0.05) is 13.0 Å². The average Bonchev–Trinajstić information content (AvgIpc) is 3.18. The molecule has 13 heteroatoms. The van der Waals surface area contributed by atoms with Crippen LogP contribution in [-0.4, -0.2) is 60.2 Å². The van der Waals surface area contributed by atoms with Crippen molar-refractivity contribution < 1.29 is 13.3 Å². The molecule has 0 saturated carbocycles. The SMILES string of the molecule is CCNC(=NCCNS(=O)(=O)c1cccc([N+](=O)[O-])c1)NCCn1cnnc1CC. The highest BCUT2D eigenvalue weighted by Crippen LogP contribution is 2.16. The highest BCUT2D eigenvalue weighted by molar-refractivity contribution is 7.89. The van der Waals surface area contributed by atoms with Crippen molar-refractivity contribution in [2.75, 3.05) is 26.2 Å². The molecule has 164 valence electrons. The van der Waals surface area contributed by atoms with Crippen LogP contribution in [0.3, 0.4) is 0 Å². The molecule has 0 spiro atoms. The maximum atomic E-state index is 12.3. The molecular weight excluding hydrogens is 412 g/mol. The van der Waals surface area contributed by atoms with Gasteiger partial charge in [-0.3, -0.25) is 15.1 Å². The Kier molecular flexibility index (Phi) is 8.68. The van der Waals surface area contributed by atoms with Gasteiger partial charge in [-0.25, -0.2) is 13.1 Å². The van der Waals surface area contributed by atoms with E-state index in [1.165, 1.54) is 18.2 Å². The quantitative estimate of drug-likeness (QED) is 0.148. The second kappa shape index (κ2) is 11.2. The highest BCUT2D eigenvalue weighted by atomic mass is 32.2. The van der Waals surface area contributed by atoms with E-state index in [0.717, 1.165) is 18.3 Å². The Morgan fingerprint density at radius 1 is 1.27 bits per heavy atom. The molecule has 0 atom stereocenters. The number of aliphatic imine (C=N–C) groups is 1. The molecule has 0 saturated heterocycles. The van der Waals surface area contributed by atoms with Gasteiger partial charge in [0.05, 0.1) is 16.4 Å². The van der Waals surface area contributed by atoms with Crippen LogP contribution in [-0.2, 0) is 23.0 Å². The fourth-order valence-electron chi connectivity index (χ4n) is 2.57. The lowest BCUT2D eigenvalue weighted by molar-refractivity contribution is -0.385. The van der Waals surface area contributed by atoms with Crippen molar-refractivity contribution in [1.82, 2.24) is 30.1 Å². The summed E-state index contributed by atoms with van der Waals surface area (Å²) in [5.74, 6) is 1.45. The molecule has 0 amide bonds. The summed E-state index contributed by atoms with van der Waals surface area (Å²) in [6.07, 6.45) is 2.46. The normalized spacial score (nSPS) is 12.0. The molecule has 1 aromatic carbocycles. The van der Waals surface area contributed by atoms with E-state index in [9.17, 15) is 18.5 Å². The van der Waals surface area contributed by atoms with Crippen molar-refractivity contribution in [2.24, 2.45) is 4.99 Å². The summed E-state index contributed by atoms with van der Waals surface area (Å²) in [6, 6.07) is 4.89. The van der Waals surface area contributed by atoms with Crippen molar-refractivity contribution in [3.05, 3.63) is 46.5 Å². The molecule has 0 aliphatic heterocycles. The van der Waals surface area contributed by atoms with E-state index in [1.54, 1.807) is 6.33 Å². The van der Waals surface area contributed by atoms with Crippen LogP contribution in [0.1, 0.15) is 19.7 Å².